The Balaban J connectivity index is 1.52. The van der Waals surface area contributed by atoms with E-state index in [0.717, 1.165) is 31.8 Å². The van der Waals surface area contributed by atoms with Gasteiger partial charge in [0, 0.05) is 38.6 Å². The average Bonchev–Trinajstić information content (AvgIpc) is 3.17. The Morgan fingerprint density at radius 3 is 2.55 bits per heavy atom. The number of carbonyl (C=O) groups excluding carboxylic acids is 1. The lowest BCUT2D eigenvalue weighted by Crippen LogP contribution is -2.55. The van der Waals surface area contributed by atoms with E-state index in [1.165, 1.54) is 6.42 Å². The third-order valence-electron chi connectivity index (χ3n) is 6.26. The first-order valence-electron chi connectivity index (χ1n) is 10.8. The third kappa shape index (κ3) is 4.09. The molecule has 0 N–H and O–H groups in total. The standard InChI is InChI=1S/C20H32N4O4S/c1-16(2)15-29(26,27)24-11-6-20(7-12-24)19-21-8-13-23(19)14-17(28-20)18(25)22-9-4-3-5-10-22/h8,13,16-17H,3-7,9-12,14-15H2,1-2H3. The summed E-state index contributed by atoms with van der Waals surface area (Å²) < 4.78 is 35.3. The van der Waals surface area contributed by atoms with Crippen LogP contribution in [0.3, 0.4) is 0 Å². The summed E-state index contributed by atoms with van der Waals surface area (Å²) in [7, 11) is -3.27. The Hall–Kier alpha value is -1.45. The minimum atomic E-state index is -3.27. The first-order chi connectivity index (χ1) is 13.8. The maximum Gasteiger partial charge on any atom is 0.253 e. The minimum absolute atomic E-state index is 0.0540. The van der Waals surface area contributed by atoms with Crippen molar-refractivity contribution in [3.8, 4) is 0 Å². The van der Waals surface area contributed by atoms with Crippen molar-refractivity contribution in [1.82, 2.24) is 18.8 Å². The number of carbonyl (C=O) groups is 1. The van der Waals surface area contributed by atoms with Gasteiger partial charge in [-0.1, -0.05) is 13.8 Å². The monoisotopic (exact) mass is 424 g/mol. The van der Waals surface area contributed by atoms with Crippen LogP contribution in [0.1, 0.15) is 51.8 Å². The molecule has 2 saturated heterocycles. The van der Waals surface area contributed by atoms with E-state index in [-0.39, 0.29) is 17.6 Å². The molecule has 1 aromatic rings. The van der Waals surface area contributed by atoms with Gasteiger partial charge in [-0.2, -0.15) is 0 Å². The van der Waals surface area contributed by atoms with Crippen LogP contribution >= 0.6 is 0 Å². The summed E-state index contributed by atoms with van der Waals surface area (Å²) in [6.07, 6.45) is 7.41. The van der Waals surface area contributed by atoms with Crippen LogP contribution in [0.5, 0.6) is 0 Å². The largest absolute Gasteiger partial charge is 0.352 e. The topological polar surface area (TPSA) is 84.7 Å². The zero-order valence-corrected chi connectivity index (χ0v) is 18.2. The van der Waals surface area contributed by atoms with Crippen molar-refractivity contribution in [2.24, 2.45) is 5.92 Å². The molecule has 29 heavy (non-hydrogen) atoms. The predicted molar refractivity (Wildman–Crippen MR) is 109 cm³/mol. The Morgan fingerprint density at radius 2 is 1.90 bits per heavy atom. The van der Waals surface area contributed by atoms with Gasteiger partial charge in [-0.05, 0) is 38.0 Å². The van der Waals surface area contributed by atoms with Crippen LogP contribution in [0.2, 0.25) is 0 Å². The smallest absolute Gasteiger partial charge is 0.253 e. The normalized spacial score (nSPS) is 25.3. The molecule has 1 spiro atoms. The summed E-state index contributed by atoms with van der Waals surface area (Å²) >= 11 is 0. The van der Waals surface area contributed by atoms with Crippen LogP contribution in [-0.4, -0.2) is 71.1 Å². The Morgan fingerprint density at radius 1 is 1.21 bits per heavy atom. The second-order valence-corrected chi connectivity index (χ2v) is 11.0. The van der Waals surface area contributed by atoms with E-state index in [2.05, 4.69) is 4.98 Å². The zero-order chi connectivity index (χ0) is 20.6. The fourth-order valence-electron chi connectivity index (χ4n) is 4.84. The highest BCUT2D eigenvalue weighted by Gasteiger charge is 2.49. The molecule has 0 aliphatic carbocycles. The number of hydrogen-bond donors (Lipinski definition) is 0. The van der Waals surface area contributed by atoms with Gasteiger partial charge in [-0.25, -0.2) is 17.7 Å². The second kappa shape index (κ2) is 8.00. The number of sulfonamides is 1. The van der Waals surface area contributed by atoms with Gasteiger partial charge >= 0.3 is 0 Å². The van der Waals surface area contributed by atoms with E-state index in [1.807, 2.05) is 29.5 Å². The Labute approximate surface area is 173 Å². The fourth-order valence-corrected chi connectivity index (χ4v) is 6.63. The van der Waals surface area contributed by atoms with Crippen LogP contribution in [0.25, 0.3) is 0 Å². The quantitative estimate of drug-likeness (QED) is 0.733. The van der Waals surface area contributed by atoms with Gasteiger partial charge in [0.15, 0.2) is 6.10 Å². The van der Waals surface area contributed by atoms with Crippen LogP contribution in [0, 0.1) is 5.92 Å². The first kappa shape index (κ1) is 20.8. The molecule has 3 aliphatic heterocycles. The highest BCUT2D eigenvalue weighted by Crippen LogP contribution is 2.41. The van der Waals surface area contributed by atoms with E-state index in [4.69, 9.17) is 4.74 Å². The van der Waals surface area contributed by atoms with Crippen molar-refractivity contribution in [3.63, 3.8) is 0 Å². The predicted octanol–water partition coefficient (Wildman–Crippen LogP) is 1.57. The highest BCUT2D eigenvalue weighted by molar-refractivity contribution is 7.89. The molecule has 1 unspecified atom stereocenters. The van der Waals surface area contributed by atoms with Gasteiger partial charge in [0.05, 0.1) is 12.3 Å². The molecule has 3 aliphatic rings. The molecular formula is C20H32N4O4S. The molecule has 0 bridgehead atoms. The molecular weight excluding hydrogens is 392 g/mol. The van der Waals surface area contributed by atoms with Crippen molar-refractivity contribution in [2.45, 2.75) is 64.2 Å². The van der Waals surface area contributed by atoms with E-state index in [9.17, 15) is 13.2 Å². The van der Waals surface area contributed by atoms with Crippen molar-refractivity contribution in [2.75, 3.05) is 31.9 Å². The van der Waals surface area contributed by atoms with Crippen molar-refractivity contribution in [3.05, 3.63) is 18.2 Å². The fraction of sp³-hybridized carbons (Fsp3) is 0.800. The van der Waals surface area contributed by atoms with Crippen LogP contribution < -0.4 is 0 Å². The van der Waals surface area contributed by atoms with Crippen LogP contribution in [-0.2, 0) is 31.7 Å². The Bertz CT molecular complexity index is 836. The second-order valence-electron chi connectivity index (χ2n) is 8.96. The van der Waals surface area contributed by atoms with Crippen LogP contribution in [0.15, 0.2) is 12.4 Å². The lowest BCUT2D eigenvalue weighted by atomic mass is 9.89. The average molecular weight is 425 g/mol. The van der Waals surface area contributed by atoms with Crippen LogP contribution in [0.4, 0.5) is 0 Å². The van der Waals surface area contributed by atoms with Crippen molar-refractivity contribution < 1.29 is 17.9 Å². The number of rotatable bonds is 4. The number of piperidine rings is 2. The number of likely N-dealkylation sites (tertiary alicyclic amines) is 1. The summed E-state index contributed by atoms with van der Waals surface area (Å²) in [5.74, 6) is 1.12. The first-order valence-corrected chi connectivity index (χ1v) is 12.4. The van der Waals surface area contributed by atoms with Crippen molar-refractivity contribution >= 4 is 15.9 Å². The molecule has 0 aromatic carbocycles. The molecule has 0 radical (unpaired) electrons. The zero-order valence-electron chi connectivity index (χ0n) is 17.4. The maximum absolute atomic E-state index is 13.1. The molecule has 1 aromatic heterocycles. The number of ether oxygens (including phenoxy) is 1. The van der Waals surface area contributed by atoms with E-state index >= 15 is 0 Å². The Kier molecular flexibility index (Phi) is 5.74. The molecule has 8 nitrogen and oxygen atoms in total. The molecule has 1 amide bonds. The minimum Gasteiger partial charge on any atom is -0.352 e. The summed E-state index contributed by atoms with van der Waals surface area (Å²) in [6, 6.07) is 0. The van der Waals surface area contributed by atoms with E-state index in [0.29, 0.717) is 32.5 Å². The van der Waals surface area contributed by atoms with Gasteiger partial charge in [0.1, 0.15) is 11.4 Å². The van der Waals surface area contributed by atoms with Gasteiger partial charge in [0.25, 0.3) is 5.91 Å². The maximum atomic E-state index is 13.1. The number of amides is 1. The summed E-state index contributed by atoms with van der Waals surface area (Å²) in [5.41, 5.74) is -0.693. The number of fused-ring (bicyclic) bond motifs is 2. The van der Waals surface area contributed by atoms with E-state index < -0.39 is 21.7 Å². The lowest BCUT2D eigenvalue weighted by molar-refractivity contribution is -0.179. The highest BCUT2D eigenvalue weighted by atomic mass is 32.2. The molecule has 162 valence electrons. The number of nitrogens with zero attached hydrogens (tertiary/aromatic N) is 4. The lowest BCUT2D eigenvalue weighted by Gasteiger charge is -2.46. The summed E-state index contributed by atoms with van der Waals surface area (Å²) in [4.78, 5) is 19.6. The molecule has 9 heteroatoms. The van der Waals surface area contributed by atoms with Gasteiger partial charge in [-0.15, -0.1) is 0 Å². The van der Waals surface area contributed by atoms with Gasteiger partial charge in [0.2, 0.25) is 10.0 Å². The third-order valence-corrected chi connectivity index (χ3v) is 8.50. The number of hydrogen-bond acceptors (Lipinski definition) is 5. The van der Waals surface area contributed by atoms with Crippen molar-refractivity contribution in [1.29, 1.82) is 0 Å². The van der Waals surface area contributed by atoms with Gasteiger partial charge < -0.3 is 14.2 Å². The molecule has 2 fully saturated rings. The summed E-state index contributed by atoms with van der Waals surface area (Å²) in [6.45, 7) is 6.69. The SMILES string of the molecule is CC(C)CS(=O)(=O)N1CCC2(CC1)OC(C(=O)N1CCCCC1)Cn1ccnc12. The molecule has 4 rings (SSSR count). The molecule has 4 heterocycles. The number of aromatic nitrogens is 2. The van der Waals surface area contributed by atoms with E-state index in [1.54, 1.807) is 10.5 Å². The molecule has 0 saturated carbocycles. The van der Waals surface area contributed by atoms with Gasteiger partial charge in [-0.3, -0.25) is 4.79 Å². The molecule has 1 atom stereocenters. The number of imidazole rings is 1. The summed E-state index contributed by atoms with van der Waals surface area (Å²) in [5, 5.41) is 0.